The standard InChI is InChI=1S/C19H20N4OS/c1-14(18(24)20-17-11-7-4-8-12-17)25-19-22-21-15(2)23(19)13-16-9-5-3-6-10-16/h3-12,14H,13H2,1-2H3,(H,20,24). The van der Waals surface area contributed by atoms with E-state index in [1.165, 1.54) is 17.3 Å². The number of hydrogen-bond acceptors (Lipinski definition) is 4. The van der Waals surface area contributed by atoms with Gasteiger partial charge in [-0.25, -0.2) is 0 Å². The second-order valence-electron chi connectivity index (χ2n) is 5.72. The van der Waals surface area contributed by atoms with Crippen molar-refractivity contribution in [3.63, 3.8) is 0 Å². The van der Waals surface area contributed by atoms with Gasteiger partial charge in [-0.3, -0.25) is 4.79 Å². The molecule has 1 unspecified atom stereocenters. The summed E-state index contributed by atoms with van der Waals surface area (Å²) in [6, 6.07) is 19.6. The summed E-state index contributed by atoms with van der Waals surface area (Å²) in [6.45, 7) is 4.49. The minimum Gasteiger partial charge on any atom is -0.325 e. The second-order valence-corrected chi connectivity index (χ2v) is 7.02. The lowest BCUT2D eigenvalue weighted by Crippen LogP contribution is -2.23. The predicted molar refractivity (Wildman–Crippen MR) is 101 cm³/mol. The molecule has 0 fully saturated rings. The van der Waals surface area contributed by atoms with Crippen molar-refractivity contribution in [1.82, 2.24) is 14.8 Å². The van der Waals surface area contributed by atoms with E-state index in [9.17, 15) is 4.79 Å². The highest BCUT2D eigenvalue weighted by molar-refractivity contribution is 8.00. The fourth-order valence-electron chi connectivity index (χ4n) is 2.37. The first kappa shape index (κ1) is 17.2. The van der Waals surface area contributed by atoms with Crippen LogP contribution in [0.4, 0.5) is 5.69 Å². The zero-order valence-electron chi connectivity index (χ0n) is 14.2. The van der Waals surface area contributed by atoms with Crippen molar-refractivity contribution in [2.24, 2.45) is 0 Å². The van der Waals surface area contributed by atoms with Crippen LogP contribution in [0.25, 0.3) is 0 Å². The molecule has 0 bridgehead atoms. The molecule has 1 aromatic heterocycles. The number of carbonyl (C=O) groups is 1. The molecule has 25 heavy (non-hydrogen) atoms. The number of carbonyl (C=O) groups excluding carboxylic acids is 1. The minimum atomic E-state index is -0.279. The number of para-hydroxylation sites is 1. The number of rotatable bonds is 6. The molecule has 3 rings (SSSR count). The van der Waals surface area contributed by atoms with Crippen molar-refractivity contribution in [3.05, 3.63) is 72.1 Å². The van der Waals surface area contributed by atoms with E-state index in [0.29, 0.717) is 6.54 Å². The van der Waals surface area contributed by atoms with E-state index in [2.05, 4.69) is 27.6 Å². The number of amides is 1. The van der Waals surface area contributed by atoms with Gasteiger partial charge >= 0.3 is 0 Å². The molecule has 0 saturated heterocycles. The number of hydrogen-bond donors (Lipinski definition) is 1. The van der Waals surface area contributed by atoms with Gasteiger partial charge in [-0.15, -0.1) is 10.2 Å². The molecule has 0 radical (unpaired) electrons. The molecular formula is C19H20N4OS. The molecule has 2 aromatic carbocycles. The maximum Gasteiger partial charge on any atom is 0.237 e. The zero-order valence-corrected chi connectivity index (χ0v) is 15.0. The van der Waals surface area contributed by atoms with E-state index >= 15 is 0 Å². The summed E-state index contributed by atoms with van der Waals surface area (Å²) in [7, 11) is 0. The van der Waals surface area contributed by atoms with Gasteiger partial charge in [0.25, 0.3) is 0 Å². The van der Waals surface area contributed by atoms with E-state index in [1.807, 2.05) is 66.9 Å². The fourth-order valence-corrected chi connectivity index (χ4v) is 3.27. The van der Waals surface area contributed by atoms with Crippen LogP contribution in [0.2, 0.25) is 0 Å². The maximum absolute atomic E-state index is 12.4. The number of nitrogens with one attached hydrogen (secondary N) is 1. The number of benzene rings is 2. The Morgan fingerprint density at radius 3 is 2.40 bits per heavy atom. The van der Waals surface area contributed by atoms with Crippen LogP contribution in [0.3, 0.4) is 0 Å². The number of aromatic nitrogens is 3. The van der Waals surface area contributed by atoms with Crippen LogP contribution in [0.15, 0.2) is 65.8 Å². The van der Waals surface area contributed by atoms with Crippen LogP contribution in [0.1, 0.15) is 18.3 Å². The smallest absolute Gasteiger partial charge is 0.237 e. The first-order valence-electron chi connectivity index (χ1n) is 8.10. The molecule has 0 aliphatic carbocycles. The summed E-state index contributed by atoms with van der Waals surface area (Å²) in [5.74, 6) is 0.783. The average Bonchev–Trinajstić information content (AvgIpc) is 2.97. The van der Waals surface area contributed by atoms with Gasteiger partial charge in [0.05, 0.1) is 11.8 Å². The first-order valence-corrected chi connectivity index (χ1v) is 8.98. The highest BCUT2D eigenvalue weighted by Gasteiger charge is 2.19. The van der Waals surface area contributed by atoms with E-state index in [0.717, 1.165) is 16.7 Å². The monoisotopic (exact) mass is 352 g/mol. The van der Waals surface area contributed by atoms with Crippen molar-refractivity contribution in [1.29, 1.82) is 0 Å². The molecule has 1 amide bonds. The Morgan fingerprint density at radius 1 is 1.08 bits per heavy atom. The topological polar surface area (TPSA) is 59.8 Å². The summed E-state index contributed by atoms with van der Waals surface area (Å²) < 4.78 is 2.03. The van der Waals surface area contributed by atoms with Crippen LogP contribution in [-0.2, 0) is 11.3 Å². The van der Waals surface area contributed by atoms with Gasteiger partial charge in [0, 0.05) is 5.69 Å². The Kier molecular flexibility index (Phi) is 5.50. The van der Waals surface area contributed by atoms with Crippen molar-refractivity contribution < 1.29 is 4.79 Å². The third-order valence-corrected chi connectivity index (χ3v) is 4.86. The average molecular weight is 352 g/mol. The van der Waals surface area contributed by atoms with Crippen molar-refractivity contribution in [3.8, 4) is 0 Å². The van der Waals surface area contributed by atoms with Crippen LogP contribution in [-0.4, -0.2) is 25.9 Å². The second kappa shape index (κ2) is 7.98. The lowest BCUT2D eigenvalue weighted by atomic mass is 10.2. The van der Waals surface area contributed by atoms with Gasteiger partial charge in [0.1, 0.15) is 5.82 Å². The molecule has 6 heteroatoms. The molecule has 0 saturated carbocycles. The molecule has 0 aliphatic rings. The van der Waals surface area contributed by atoms with Crippen molar-refractivity contribution in [2.75, 3.05) is 5.32 Å². The predicted octanol–water partition coefficient (Wildman–Crippen LogP) is 3.75. The van der Waals surface area contributed by atoms with Gasteiger partial charge in [-0.1, -0.05) is 60.3 Å². The van der Waals surface area contributed by atoms with E-state index < -0.39 is 0 Å². The summed E-state index contributed by atoms with van der Waals surface area (Å²) in [4.78, 5) is 12.4. The van der Waals surface area contributed by atoms with Crippen LogP contribution >= 0.6 is 11.8 Å². The molecule has 0 aliphatic heterocycles. The Balaban J connectivity index is 1.69. The Morgan fingerprint density at radius 2 is 1.72 bits per heavy atom. The van der Waals surface area contributed by atoms with Gasteiger partial charge in [-0.2, -0.15) is 0 Å². The highest BCUT2D eigenvalue weighted by atomic mass is 32.2. The van der Waals surface area contributed by atoms with Crippen LogP contribution in [0, 0.1) is 6.92 Å². The van der Waals surface area contributed by atoms with Gasteiger partial charge in [0.2, 0.25) is 5.91 Å². The minimum absolute atomic E-state index is 0.0527. The van der Waals surface area contributed by atoms with Crippen LogP contribution < -0.4 is 5.32 Å². The lowest BCUT2D eigenvalue weighted by Gasteiger charge is -2.13. The SMILES string of the molecule is Cc1nnc(SC(C)C(=O)Nc2ccccc2)n1Cc1ccccc1. The number of anilines is 1. The largest absolute Gasteiger partial charge is 0.325 e. The third-order valence-electron chi connectivity index (χ3n) is 3.78. The van der Waals surface area contributed by atoms with E-state index in [1.54, 1.807) is 0 Å². The molecule has 1 heterocycles. The normalized spacial score (nSPS) is 11.9. The maximum atomic E-state index is 12.4. The summed E-state index contributed by atoms with van der Waals surface area (Å²) in [5, 5.41) is 11.8. The van der Waals surface area contributed by atoms with Gasteiger partial charge < -0.3 is 9.88 Å². The van der Waals surface area contributed by atoms with E-state index in [-0.39, 0.29) is 11.2 Å². The number of nitrogens with zero attached hydrogens (tertiary/aromatic N) is 3. The first-order chi connectivity index (χ1) is 12.1. The molecule has 0 spiro atoms. The molecule has 128 valence electrons. The quantitative estimate of drug-likeness (QED) is 0.686. The highest BCUT2D eigenvalue weighted by Crippen LogP contribution is 2.24. The van der Waals surface area contributed by atoms with Crippen LogP contribution in [0.5, 0.6) is 0 Å². The Hall–Kier alpha value is -2.60. The molecule has 1 N–H and O–H groups in total. The van der Waals surface area contributed by atoms with Crippen molar-refractivity contribution in [2.45, 2.75) is 30.8 Å². The summed E-state index contributed by atoms with van der Waals surface area (Å²) >= 11 is 1.41. The summed E-state index contributed by atoms with van der Waals surface area (Å²) in [6.07, 6.45) is 0. The Labute approximate surface area is 151 Å². The molecule has 1 atom stereocenters. The Bertz CT molecular complexity index is 833. The van der Waals surface area contributed by atoms with E-state index in [4.69, 9.17) is 0 Å². The third kappa shape index (κ3) is 4.48. The molecule has 3 aromatic rings. The summed E-state index contributed by atoms with van der Waals surface area (Å²) in [5.41, 5.74) is 1.97. The molecule has 5 nitrogen and oxygen atoms in total. The number of aryl methyl sites for hydroxylation is 1. The van der Waals surface area contributed by atoms with Crippen molar-refractivity contribution >= 4 is 23.4 Å². The van der Waals surface area contributed by atoms with Gasteiger partial charge in [-0.05, 0) is 31.5 Å². The zero-order chi connectivity index (χ0) is 17.6. The number of thioether (sulfide) groups is 1. The fraction of sp³-hybridized carbons (Fsp3) is 0.211. The van der Waals surface area contributed by atoms with Gasteiger partial charge in [0.15, 0.2) is 5.16 Å². The molecular weight excluding hydrogens is 332 g/mol. The lowest BCUT2D eigenvalue weighted by molar-refractivity contribution is -0.115.